The van der Waals surface area contributed by atoms with Gasteiger partial charge >= 0.3 is 119 Å². The molecular weight excluding hydrogens is 450 g/mol. The molecule has 3 heteroatoms. The monoisotopic (exact) mass is 474 g/mol. The molecular formula is C25H24OPRh. The van der Waals surface area contributed by atoms with E-state index in [1.165, 1.54) is 12.5 Å². The average Bonchev–Trinajstić information content (AvgIpc) is 2.79. The molecule has 0 heterocycles. The van der Waals surface area contributed by atoms with E-state index >= 15 is 0 Å². The van der Waals surface area contributed by atoms with Crippen molar-refractivity contribution in [2.45, 2.75) is 0 Å². The molecule has 0 saturated heterocycles. The number of rotatable bonds is 3. The molecule has 0 fully saturated rings. The number of carbonyl (C=O) groups excluding carboxylic acids is 1. The van der Waals surface area contributed by atoms with Gasteiger partial charge in [0.25, 0.3) is 6.79 Å². The molecule has 0 N–H and O–H groups in total. The molecule has 2 radical (unpaired) electrons. The fourth-order valence-electron chi connectivity index (χ4n) is 2.27. The van der Waals surface area contributed by atoms with Gasteiger partial charge in [0, 0.05) is 0 Å². The second kappa shape index (κ2) is 14.6. The maximum absolute atomic E-state index is 7.50. The van der Waals surface area contributed by atoms with Gasteiger partial charge in [-0.2, -0.15) is 9.90 Å². The summed E-state index contributed by atoms with van der Waals surface area (Å²) in [5.74, 6) is 0. The Hall–Kier alpha value is -2.40. The Labute approximate surface area is 177 Å². The van der Waals surface area contributed by atoms with E-state index in [0.29, 0.717) is 0 Å². The molecule has 4 aromatic carbocycles. The van der Waals surface area contributed by atoms with Crippen LogP contribution < -0.4 is 12.5 Å². The molecule has 0 aromatic heterocycles. The second-order valence-corrected chi connectivity index (χ2v) is 9.28. The van der Waals surface area contributed by atoms with Crippen LogP contribution >= 0.6 is 9.90 Å². The first-order chi connectivity index (χ1) is 13.4. The minimum Gasteiger partial charge on any atom is -0.0623 e. The van der Waals surface area contributed by atoms with Gasteiger partial charge in [-0.15, -0.1) is 0 Å². The van der Waals surface area contributed by atoms with Crippen LogP contribution in [0.1, 0.15) is 0 Å². The van der Waals surface area contributed by atoms with Crippen LogP contribution in [0.5, 0.6) is 0 Å². The van der Waals surface area contributed by atoms with E-state index in [2.05, 4.69) is 97.8 Å². The van der Waals surface area contributed by atoms with Crippen LogP contribution in [-0.4, -0.2) is 6.79 Å². The van der Waals surface area contributed by atoms with Crippen molar-refractivity contribution < 1.29 is 20.7 Å². The van der Waals surface area contributed by atoms with Crippen molar-refractivity contribution in [1.29, 1.82) is 0 Å². The van der Waals surface area contributed by atoms with E-state index in [9.17, 15) is 0 Å². The summed E-state index contributed by atoms with van der Waals surface area (Å²) in [6, 6.07) is 44.6. The van der Waals surface area contributed by atoms with Gasteiger partial charge < -0.3 is 0 Å². The zero-order chi connectivity index (χ0) is 19.2. The summed E-state index contributed by atoms with van der Waals surface area (Å²) in [6.45, 7) is 4.50. The van der Waals surface area contributed by atoms with Crippen molar-refractivity contribution in [3.8, 4) is 0 Å². The molecule has 1 nitrogen and oxygen atoms in total. The van der Waals surface area contributed by atoms with Crippen molar-refractivity contribution in [1.82, 2.24) is 0 Å². The number of hydrogen-bond donors (Lipinski definition) is 0. The van der Waals surface area contributed by atoms with Gasteiger partial charge in [0.05, 0.1) is 0 Å². The minimum atomic E-state index is -1.21. The Kier molecular flexibility index (Phi) is 12.4. The number of hydrogen-bond acceptors (Lipinski definition) is 1. The van der Waals surface area contributed by atoms with Gasteiger partial charge in [-0.3, -0.25) is 4.79 Å². The van der Waals surface area contributed by atoms with Gasteiger partial charge in [-0.1, -0.05) is 36.4 Å². The minimum absolute atomic E-state index is 0. The van der Waals surface area contributed by atoms with E-state index < -0.39 is 16.0 Å². The average molecular weight is 474 g/mol. The molecule has 0 aliphatic carbocycles. The molecule has 1 atom stereocenters. The van der Waals surface area contributed by atoms with E-state index in [4.69, 9.17) is 4.79 Å². The zero-order valence-corrected chi connectivity index (χ0v) is 18.6. The first kappa shape index (κ1) is 23.6. The van der Waals surface area contributed by atoms with Crippen LogP contribution in [0.3, 0.4) is 0 Å². The molecule has 0 saturated carbocycles. The Morgan fingerprint density at radius 1 is 0.393 bits per heavy atom. The smallest absolute Gasteiger partial charge is 0.0623 e. The van der Waals surface area contributed by atoms with Crippen LogP contribution in [0.2, 0.25) is 0 Å². The van der Waals surface area contributed by atoms with Gasteiger partial charge in [0.2, 0.25) is 0 Å². The van der Waals surface area contributed by atoms with Crippen LogP contribution in [-0.2, 0) is 20.7 Å². The van der Waals surface area contributed by atoms with E-state index in [1.807, 2.05) is 36.4 Å². The van der Waals surface area contributed by atoms with Crippen molar-refractivity contribution in [3.05, 3.63) is 127 Å². The second-order valence-electron chi connectivity index (χ2n) is 5.21. The van der Waals surface area contributed by atoms with Crippen molar-refractivity contribution in [2.24, 2.45) is 0 Å². The van der Waals surface area contributed by atoms with E-state index in [1.54, 1.807) is 0 Å². The summed E-state index contributed by atoms with van der Waals surface area (Å²) in [5.41, 5.74) is 0. The predicted octanol–water partition coefficient (Wildman–Crippen LogP) is 3.93. The van der Waals surface area contributed by atoms with Crippen LogP contribution in [0.25, 0.3) is 0 Å². The first-order valence-electron chi connectivity index (χ1n) is 8.44. The maximum Gasteiger partial charge on any atom is -0.0623 e. The summed E-state index contributed by atoms with van der Waals surface area (Å²) in [4.78, 5) is 7.50. The molecule has 0 spiro atoms. The third-order valence-electron chi connectivity index (χ3n) is 3.40. The molecule has 4 rings (SSSR count). The quantitative estimate of drug-likeness (QED) is 0.325. The van der Waals surface area contributed by atoms with Crippen molar-refractivity contribution >= 4 is 29.2 Å². The summed E-state index contributed by atoms with van der Waals surface area (Å²) < 4.78 is 4.39. The van der Waals surface area contributed by atoms with Crippen molar-refractivity contribution in [2.75, 3.05) is 0 Å². The SMILES string of the molecule is P.[C]=O.c1cc[c]([Rh]([c]2ccccc2)[c]2ccccc2)cc1.c1ccccc1. The first-order valence-corrected chi connectivity index (χ1v) is 10.9. The molecule has 0 aliphatic heterocycles. The van der Waals surface area contributed by atoms with Crippen molar-refractivity contribution in [3.63, 3.8) is 0 Å². The summed E-state index contributed by atoms with van der Waals surface area (Å²) in [5, 5.41) is 0. The van der Waals surface area contributed by atoms with Crippen LogP contribution in [0.15, 0.2) is 127 Å². The zero-order valence-electron chi connectivity index (χ0n) is 15.6. The third-order valence-corrected chi connectivity index (χ3v) is 7.88. The van der Waals surface area contributed by atoms with Gasteiger partial charge in [0.15, 0.2) is 0 Å². The molecule has 144 valence electrons. The Balaban J connectivity index is 0.000000370. The molecule has 0 amide bonds. The fraction of sp³-hybridized carbons (Fsp3) is 0. The largest absolute Gasteiger partial charge is 0.0623 e. The topological polar surface area (TPSA) is 17.1 Å². The van der Waals surface area contributed by atoms with E-state index in [0.717, 1.165) is 0 Å². The Bertz CT molecular complexity index is 735. The normalized spacial score (nSPS) is 9.36. The summed E-state index contributed by atoms with van der Waals surface area (Å²) >= 11 is -1.21. The third kappa shape index (κ3) is 7.69. The Morgan fingerprint density at radius 3 is 0.786 bits per heavy atom. The van der Waals surface area contributed by atoms with Gasteiger partial charge in [-0.05, 0) is 0 Å². The molecule has 0 aliphatic rings. The molecule has 28 heavy (non-hydrogen) atoms. The number of benzene rings is 4. The maximum atomic E-state index is 7.50. The molecule has 4 aromatic rings. The van der Waals surface area contributed by atoms with Gasteiger partial charge in [0.1, 0.15) is 0 Å². The fourth-order valence-corrected chi connectivity index (χ4v) is 6.49. The van der Waals surface area contributed by atoms with Gasteiger partial charge in [-0.25, -0.2) is 0 Å². The molecule has 0 bridgehead atoms. The summed E-state index contributed by atoms with van der Waals surface area (Å²) in [6.07, 6.45) is 0. The van der Waals surface area contributed by atoms with Crippen LogP contribution in [0.4, 0.5) is 0 Å². The predicted molar refractivity (Wildman–Crippen MR) is 121 cm³/mol. The standard InChI is InChI=1S/C6H6.3C6H5.CO.H3P.Rh/c4*1-2-4-6-5-3-1;1-2;;/h1-6H;3*1-5H;;1H3;. The van der Waals surface area contributed by atoms with E-state index in [-0.39, 0.29) is 9.90 Å². The summed E-state index contributed by atoms with van der Waals surface area (Å²) in [7, 11) is 0. The Morgan fingerprint density at radius 2 is 0.571 bits per heavy atom. The van der Waals surface area contributed by atoms with Crippen LogP contribution in [0, 0.1) is 0 Å². The molecule has 1 unspecified atom stereocenters.